The fourth-order valence-corrected chi connectivity index (χ4v) is 1.83. The lowest BCUT2D eigenvalue weighted by Gasteiger charge is -2.07. The second-order valence-corrected chi connectivity index (χ2v) is 4.27. The number of hydrogen-bond acceptors (Lipinski definition) is 5. The molecule has 1 heterocycles. The van der Waals surface area contributed by atoms with Crippen LogP contribution in [0.4, 0.5) is 5.69 Å². The minimum absolute atomic E-state index is 0.0377. The van der Waals surface area contributed by atoms with Crippen LogP contribution < -0.4 is 10.1 Å². The summed E-state index contributed by atoms with van der Waals surface area (Å²) < 4.78 is 7.03. The Hall–Kier alpha value is -2.41. The molecule has 7 nitrogen and oxygen atoms in total. The maximum Gasteiger partial charge on any atom is 0.273 e. The van der Waals surface area contributed by atoms with Gasteiger partial charge in [-0.15, -0.1) is 0 Å². The molecule has 0 amide bonds. The molecule has 0 aliphatic heterocycles. The summed E-state index contributed by atoms with van der Waals surface area (Å²) in [6, 6.07) is 4.75. The molecule has 106 valence electrons. The number of nitro groups is 1. The average Bonchev–Trinajstić information content (AvgIpc) is 2.96. The predicted octanol–water partition coefficient (Wildman–Crippen LogP) is 1.59. The van der Waals surface area contributed by atoms with E-state index in [-0.39, 0.29) is 5.69 Å². The quantitative estimate of drug-likeness (QED) is 0.472. The monoisotopic (exact) mass is 276 g/mol. The second-order valence-electron chi connectivity index (χ2n) is 4.27. The number of hydrogen-bond donors (Lipinski definition) is 1. The molecule has 7 heteroatoms. The summed E-state index contributed by atoms with van der Waals surface area (Å²) in [5, 5.41) is 14.1. The number of nitro benzene ring substituents is 1. The van der Waals surface area contributed by atoms with Crippen molar-refractivity contribution in [2.24, 2.45) is 0 Å². The standard InChI is InChI=1S/C13H16N4O3/c1-20-13-7-11(6-12(8-13)17(18)19)9-14-2-4-16-5-3-15-10-16/h3,5-8,10,14H,2,4,9H2,1H3. The summed E-state index contributed by atoms with van der Waals surface area (Å²) in [4.78, 5) is 14.4. The van der Waals surface area contributed by atoms with Crippen molar-refractivity contribution in [1.82, 2.24) is 14.9 Å². The van der Waals surface area contributed by atoms with Gasteiger partial charge in [0.2, 0.25) is 0 Å². The number of nitrogens with one attached hydrogen (secondary N) is 1. The second kappa shape index (κ2) is 6.67. The van der Waals surface area contributed by atoms with Crippen LogP contribution in [0.2, 0.25) is 0 Å². The van der Waals surface area contributed by atoms with Crippen molar-refractivity contribution in [3.63, 3.8) is 0 Å². The summed E-state index contributed by atoms with van der Waals surface area (Å²) in [7, 11) is 1.50. The molecule has 1 aromatic heterocycles. The normalized spacial score (nSPS) is 10.4. The van der Waals surface area contributed by atoms with Crippen LogP contribution >= 0.6 is 0 Å². The van der Waals surface area contributed by atoms with Gasteiger partial charge >= 0.3 is 0 Å². The molecule has 0 saturated carbocycles. The Morgan fingerprint density at radius 1 is 1.45 bits per heavy atom. The Balaban J connectivity index is 1.91. The van der Waals surface area contributed by atoms with Gasteiger partial charge in [0, 0.05) is 38.1 Å². The van der Waals surface area contributed by atoms with Crippen LogP contribution in [0.15, 0.2) is 36.9 Å². The van der Waals surface area contributed by atoms with Gasteiger partial charge < -0.3 is 14.6 Å². The Labute approximate surface area is 116 Å². The van der Waals surface area contributed by atoms with Gasteiger partial charge in [-0.1, -0.05) is 0 Å². The maximum atomic E-state index is 10.8. The van der Waals surface area contributed by atoms with Crippen molar-refractivity contribution >= 4 is 5.69 Å². The average molecular weight is 276 g/mol. The zero-order valence-corrected chi connectivity index (χ0v) is 11.2. The third kappa shape index (κ3) is 3.79. The van der Waals surface area contributed by atoms with Gasteiger partial charge in [0.25, 0.3) is 5.69 Å². The molecule has 0 bridgehead atoms. The third-order valence-electron chi connectivity index (χ3n) is 2.83. The van der Waals surface area contributed by atoms with Crippen LogP contribution in [0.3, 0.4) is 0 Å². The van der Waals surface area contributed by atoms with Crippen LogP contribution in [-0.4, -0.2) is 28.1 Å². The highest BCUT2D eigenvalue weighted by atomic mass is 16.6. The first kappa shape index (κ1) is 14.0. The first-order valence-electron chi connectivity index (χ1n) is 6.18. The van der Waals surface area contributed by atoms with Crippen LogP contribution in [0, 0.1) is 10.1 Å². The molecule has 1 aromatic carbocycles. The topological polar surface area (TPSA) is 82.2 Å². The van der Waals surface area contributed by atoms with Crippen molar-refractivity contribution < 1.29 is 9.66 Å². The van der Waals surface area contributed by atoms with E-state index in [0.29, 0.717) is 12.3 Å². The van der Waals surface area contributed by atoms with Crippen LogP contribution in [-0.2, 0) is 13.1 Å². The minimum atomic E-state index is -0.419. The van der Waals surface area contributed by atoms with Gasteiger partial charge in [0.1, 0.15) is 5.75 Å². The lowest BCUT2D eigenvalue weighted by molar-refractivity contribution is -0.385. The number of methoxy groups -OCH3 is 1. The van der Waals surface area contributed by atoms with Gasteiger partial charge in [0.15, 0.2) is 0 Å². The number of aromatic nitrogens is 2. The SMILES string of the molecule is COc1cc(CNCCn2ccnc2)cc([N+](=O)[O-])c1. The molecular formula is C13H16N4O3. The zero-order chi connectivity index (χ0) is 14.4. The van der Waals surface area contributed by atoms with Crippen LogP contribution in [0.25, 0.3) is 0 Å². The fraction of sp³-hybridized carbons (Fsp3) is 0.308. The molecule has 2 aromatic rings. The summed E-state index contributed by atoms with van der Waals surface area (Å²) in [5.41, 5.74) is 0.859. The number of rotatable bonds is 7. The molecule has 0 saturated heterocycles. The van der Waals surface area contributed by atoms with Gasteiger partial charge in [-0.2, -0.15) is 0 Å². The lowest BCUT2D eigenvalue weighted by Crippen LogP contribution is -2.19. The van der Waals surface area contributed by atoms with E-state index in [9.17, 15) is 10.1 Å². The molecule has 0 radical (unpaired) electrons. The number of nitrogens with zero attached hydrogens (tertiary/aromatic N) is 3. The van der Waals surface area contributed by atoms with Crippen molar-refractivity contribution in [3.8, 4) is 5.75 Å². The number of ether oxygens (including phenoxy) is 1. The molecule has 2 rings (SSSR count). The van der Waals surface area contributed by atoms with Crippen LogP contribution in [0.1, 0.15) is 5.56 Å². The number of benzene rings is 1. The summed E-state index contributed by atoms with van der Waals surface area (Å²) in [6.07, 6.45) is 5.36. The van der Waals surface area contributed by atoms with Gasteiger partial charge in [-0.25, -0.2) is 4.98 Å². The van der Waals surface area contributed by atoms with Crippen molar-refractivity contribution in [2.75, 3.05) is 13.7 Å². The molecule has 0 aliphatic rings. The summed E-state index contributed by atoms with van der Waals surface area (Å²) in [5.74, 6) is 0.491. The van der Waals surface area contributed by atoms with Gasteiger partial charge in [-0.3, -0.25) is 10.1 Å². The van der Waals surface area contributed by atoms with E-state index in [2.05, 4.69) is 10.3 Å². The molecule has 0 unspecified atom stereocenters. The van der Waals surface area contributed by atoms with Gasteiger partial charge in [0.05, 0.1) is 24.4 Å². The van der Waals surface area contributed by atoms with E-state index in [1.165, 1.54) is 13.2 Å². The zero-order valence-electron chi connectivity index (χ0n) is 11.2. The highest BCUT2D eigenvalue weighted by Crippen LogP contribution is 2.22. The molecular weight excluding hydrogens is 260 g/mol. The molecule has 0 fully saturated rings. The Morgan fingerprint density at radius 3 is 2.95 bits per heavy atom. The van der Waals surface area contributed by atoms with E-state index in [0.717, 1.165) is 18.7 Å². The number of non-ortho nitro benzene ring substituents is 1. The molecule has 0 atom stereocenters. The highest BCUT2D eigenvalue weighted by molar-refractivity contribution is 5.42. The van der Waals surface area contributed by atoms with Crippen molar-refractivity contribution in [3.05, 3.63) is 52.6 Å². The van der Waals surface area contributed by atoms with E-state index in [1.54, 1.807) is 24.7 Å². The Morgan fingerprint density at radius 2 is 2.30 bits per heavy atom. The summed E-state index contributed by atoms with van der Waals surface area (Å²) in [6.45, 7) is 2.10. The summed E-state index contributed by atoms with van der Waals surface area (Å²) >= 11 is 0. The Bertz CT molecular complexity index is 569. The smallest absolute Gasteiger partial charge is 0.273 e. The molecule has 0 spiro atoms. The first-order valence-corrected chi connectivity index (χ1v) is 6.18. The molecule has 1 N–H and O–H groups in total. The van der Waals surface area contributed by atoms with Crippen molar-refractivity contribution in [2.45, 2.75) is 13.1 Å². The lowest BCUT2D eigenvalue weighted by atomic mass is 10.2. The fourth-order valence-electron chi connectivity index (χ4n) is 1.83. The highest BCUT2D eigenvalue weighted by Gasteiger charge is 2.09. The third-order valence-corrected chi connectivity index (χ3v) is 2.83. The molecule has 0 aliphatic carbocycles. The number of imidazole rings is 1. The largest absolute Gasteiger partial charge is 0.496 e. The van der Waals surface area contributed by atoms with Crippen LogP contribution in [0.5, 0.6) is 5.75 Å². The predicted molar refractivity (Wildman–Crippen MR) is 73.6 cm³/mol. The Kier molecular flexibility index (Phi) is 4.67. The van der Waals surface area contributed by atoms with E-state index in [4.69, 9.17) is 4.74 Å². The minimum Gasteiger partial charge on any atom is -0.496 e. The van der Waals surface area contributed by atoms with Crippen molar-refractivity contribution in [1.29, 1.82) is 0 Å². The van der Waals surface area contributed by atoms with Gasteiger partial charge in [-0.05, 0) is 11.6 Å². The maximum absolute atomic E-state index is 10.8. The van der Waals surface area contributed by atoms with E-state index >= 15 is 0 Å². The van der Waals surface area contributed by atoms with E-state index in [1.807, 2.05) is 10.8 Å². The first-order chi connectivity index (χ1) is 9.69. The van der Waals surface area contributed by atoms with E-state index < -0.39 is 4.92 Å². The molecule has 20 heavy (non-hydrogen) atoms.